The van der Waals surface area contributed by atoms with Crippen LogP contribution in [0, 0.1) is 0 Å². The van der Waals surface area contributed by atoms with E-state index in [-0.39, 0.29) is 0 Å². The van der Waals surface area contributed by atoms with E-state index in [0.717, 1.165) is 34.7 Å². The molecule has 146 valence electrons. The second kappa shape index (κ2) is 24.7. The molecule has 14 nitrogen and oxygen atoms in total. The summed E-state index contributed by atoms with van der Waals surface area (Å²) in [6.45, 7) is 0.419. The Hall–Kier alpha value is -1.51. The number of aliphatic hydroxyl groups is 4. The molecule has 0 aliphatic rings. The van der Waals surface area contributed by atoms with Crippen LogP contribution in [0.4, 0.5) is 0 Å². The van der Waals surface area contributed by atoms with Crippen molar-refractivity contribution in [3.63, 3.8) is 0 Å². The Morgan fingerprint density at radius 3 is 0.920 bits per heavy atom. The maximum atomic E-state index is 9.77. The molecule has 0 amide bonds. The Labute approximate surface area is 158 Å². The third kappa shape index (κ3) is 34.7. The van der Waals surface area contributed by atoms with Gasteiger partial charge < -0.3 is 40.9 Å². The first-order valence-electron chi connectivity index (χ1n) is 5.30. The van der Waals surface area contributed by atoms with E-state index in [1.54, 1.807) is 0 Å². The molecule has 16 heteroatoms. The second-order valence-electron chi connectivity index (χ2n) is 3.13. The number of carboxylic acid groups (broad SMARTS) is 4. The SMILES string of the molecule is CC(O)C(=O)O.O=C(O)C(O)C(O)C(=O)O.O=C(O)CO.[O]=[V].[O]=[V]. The minimum absolute atomic E-state index is 0.778. The summed E-state index contributed by atoms with van der Waals surface area (Å²) in [4.78, 5) is 38.1. The molecule has 0 aromatic heterocycles. The zero-order chi connectivity index (χ0) is 21.7. The van der Waals surface area contributed by atoms with Crippen molar-refractivity contribution < 1.29 is 102 Å². The van der Waals surface area contributed by atoms with E-state index >= 15 is 0 Å². The average molecular weight is 450 g/mol. The van der Waals surface area contributed by atoms with Crippen LogP contribution in [-0.4, -0.2) is 89.6 Å². The molecule has 25 heavy (non-hydrogen) atoms. The summed E-state index contributed by atoms with van der Waals surface area (Å²) in [6, 6.07) is 0. The molecule has 0 spiro atoms. The molecular weight excluding hydrogens is 434 g/mol. The van der Waals surface area contributed by atoms with Crippen molar-refractivity contribution in [1.29, 1.82) is 0 Å². The van der Waals surface area contributed by atoms with Gasteiger partial charge in [0.25, 0.3) is 0 Å². The molecule has 0 radical (unpaired) electrons. The number of aliphatic carboxylic acids is 4. The molecule has 0 aromatic rings. The molecule has 0 heterocycles. The van der Waals surface area contributed by atoms with Gasteiger partial charge in [0, 0.05) is 0 Å². The van der Waals surface area contributed by atoms with Crippen LogP contribution in [0.1, 0.15) is 6.92 Å². The van der Waals surface area contributed by atoms with Gasteiger partial charge in [-0.1, -0.05) is 0 Å². The average Bonchev–Trinajstić information content (AvgIpc) is 2.57. The Morgan fingerprint density at radius 1 is 0.720 bits per heavy atom. The Morgan fingerprint density at radius 2 is 0.880 bits per heavy atom. The number of aliphatic hydroxyl groups excluding tert-OH is 4. The summed E-state index contributed by atoms with van der Waals surface area (Å²) in [7, 11) is 0. The molecular formula is C9H16O14V2. The molecule has 3 atom stereocenters. The van der Waals surface area contributed by atoms with E-state index in [4.69, 9.17) is 53.0 Å². The number of hydrogen-bond donors (Lipinski definition) is 8. The standard InChI is InChI=1S/C4H6O6.C3H6O3.C2H4O3.2O.2V/c5-1(3(7)8)2(6)4(9)10;1-2(4)3(5)6;3-1-2(4)5;;;;/h1-2,5-6H,(H,7,8)(H,9,10);2,4H,1H3,(H,5,6);3H,1H2,(H,4,5);;;;. The van der Waals surface area contributed by atoms with Crippen LogP contribution in [0.2, 0.25) is 0 Å². The predicted octanol–water partition coefficient (Wildman–Crippen LogP) is -3.85. The number of hydrogen-bond acceptors (Lipinski definition) is 10. The fourth-order valence-corrected chi connectivity index (χ4v) is 0.270. The van der Waals surface area contributed by atoms with Crippen molar-refractivity contribution in [2.24, 2.45) is 0 Å². The van der Waals surface area contributed by atoms with E-state index in [1.165, 1.54) is 6.92 Å². The second-order valence-corrected chi connectivity index (χ2v) is 3.13. The topological polar surface area (TPSA) is 264 Å². The van der Waals surface area contributed by atoms with Crippen molar-refractivity contribution in [3.8, 4) is 0 Å². The Kier molecular flexibility index (Phi) is 34.4. The van der Waals surface area contributed by atoms with Gasteiger partial charge >= 0.3 is 66.0 Å². The van der Waals surface area contributed by atoms with Crippen LogP contribution in [0.3, 0.4) is 0 Å². The molecule has 0 saturated heterocycles. The monoisotopic (exact) mass is 450 g/mol. The van der Waals surface area contributed by atoms with Crippen molar-refractivity contribution in [2.75, 3.05) is 6.61 Å². The molecule has 0 aliphatic heterocycles. The first-order chi connectivity index (χ1) is 11.4. The van der Waals surface area contributed by atoms with Crippen molar-refractivity contribution >= 4 is 23.9 Å². The third-order valence-electron chi connectivity index (χ3n) is 1.30. The van der Waals surface area contributed by atoms with Crippen LogP contribution in [0.15, 0.2) is 0 Å². The zero-order valence-electron chi connectivity index (χ0n) is 12.4. The molecule has 0 saturated carbocycles. The van der Waals surface area contributed by atoms with E-state index in [2.05, 4.69) is 0 Å². The van der Waals surface area contributed by atoms with Crippen LogP contribution < -0.4 is 0 Å². The fraction of sp³-hybridized carbons (Fsp3) is 0.556. The fourth-order valence-electron chi connectivity index (χ4n) is 0.270. The molecule has 3 unspecified atom stereocenters. The molecule has 8 N–H and O–H groups in total. The zero-order valence-corrected chi connectivity index (χ0v) is 15.2. The summed E-state index contributed by atoms with van der Waals surface area (Å²) >= 11 is 2.12. The summed E-state index contributed by atoms with van der Waals surface area (Å²) in [5, 5.41) is 63.3. The summed E-state index contributed by atoms with van der Waals surface area (Å²) in [5.74, 6) is -5.91. The van der Waals surface area contributed by atoms with Gasteiger partial charge in [-0.3, -0.25) is 0 Å². The first-order valence-corrected chi connectivity index (χ1v) is 6.44. The minimum atomic E-state index is -2.27. The molecule has 0 rings (SSSR count). The molecule has 0 bridgehead atoms. The number of carbonyl (C=O) groups is 4. The van der Waals surface area contributed by atoms with Crippen molar-refractivity contribution in [1.82, 2.24) is 0 Å². The van der Waals surface area contributed by atoms with E-state index in [9.17, 15) is 14.4 Å². The van der Waals surface area contributed by atoms with Gasteiger partial charge in [-0.2, -0.15) is 0 Å². The van der Waals surface area contributed by atoms with E-state index in [1.807, 2.05) is 0 Å². The van der Waals surface area contributed by atoms with Gasteiger partial charge in [0.2, 0.25) is 0 Å². The first kappa shape index (κ1) is 34.8. The van der Waals surface area contributed by atoms with Gasteiger partial charge in [0.05, 0.1) is 0 Å². The van der Waals surface area contributed by atoms with Crippen LogP contribution in [0.5, 0.6) is 0 Å². The normalized spacial score (nSPS) is 11.3. The van der Waals surface area contributed by atoms with Gasteiger partial charge in [-0.15, -0.1) is 0 Å². The van der Waals surface area contributed by atoms with E-state index in [0.29, 0.717) is 0 Å². The third-order valence-corrected chi connectivity index (χ3v) is 1.30. The number of rotatable bonds is 5. The van der Waals surface area contributed by atoms with E-state index < -0.39 is 48.8 Å². The van der Waals surface area contributed by atoms with Gasteiger partial charge in [0.15, 0.2) is 12.2 Å². The van der Waals surface area contributed by atoms with Crippen LogP contribution in [-0.2, 0) is 61.3 Å². The Bertz CT molecular complexity index is 366. The van der Waals surface area contributed by atoms with Gasteiger partial charge in [0.1, 0.15) is 12.7 Å². The summed E-state index contributed by atoms with van der Waals surface area (Å²) in [5.41, 5.74) is 0. The van der Waals surface area contributed by atoms with Crippen molar-refractivity contribution in [3.05, 3.63) is 0 Å². The summed E-state index contributed by atoms with van der Waals surface area (Å²) in [6.07, 6.45) is -5.76. The number of carboxylic acids is 4. The summed E-state index contributed by atoms with van der Waals surface area (Å²) < 4.78 is 16.4. The maximum absolute atomic E-state index is 9.77. The van der Waals surface area contributed by atoms with Gasteiger partial charge in [-0.05, 0) is 6.92 Å². The van der Waals surface area contributed by atoms with Crippen LogP contribution >= 0.6 is 0 Å². The molecule has 0 fully saturated rings. The van der Waals surface area contributed by atoms with Crippen LogP contribution in [0.25, 0.3) is 0 Å². The van der Waals surface area contributed by atoms with Gasteiger partial charge in [-0.25, -0.2) is 19.2 Å². The predicted molar refractivity (Wildman–Crippen MR) is 62.7 cm³/mol. The van der Waals surface area contributed by atoms with Crippen molar-refractivity contribution in [2.45, 2.75) is 25.2 Å². The molecule has 0 aromatic carbocycles. The quantitative estimate of drug-likeness (QED) is 0.199. The molecule has 0 aliphatic carbocycles. The Balaban J connectivity index is -0.0000000767.